The molecule has 0 amide bonds. The van der Waals surface area contributed by atoms with E-state index >= 15 is 0 Å². The van der Waals surface area contributed by atoms with Gasteiger partial charge >= 0.3 is 0 Å². The molecule has 0 aromatic carbocycles. The first-order valence-electron chi connectivity index (χ1n) is 11.2. The van der Waals surface area contributed by atoms with Crippen LogP contribution < -0.4 is 0 Å². The number of ether oxygens (including phenoxy) is 5. The van der Waals surface area contributed by atoms with Crippen LogP contribution in [0.5, 0.6) is 0 Å². The molecule has 0 aliphatic carbocycles. The Bertz CT molecular complexity index is 699. The van der Waals surface area contributed by atoms with Crippen molar-refractivity contribution in [2.24, 2.45) is 0 Å². The summed E-state index contributed by atoms with van der Waals surface area (Å²) in [7, 11) is 15.2. The Hall–Kier alpha value is -0.445. The van der Waals surface area contributed by atoms with E-state index in [0.717, 1.165) is 0 Å². The average molecular weight is 534 g/mol. The molecule has 3 saturated heterocycles. The first-order chi connectivity index (χ1) is 17.5. The van der Waals surface area contributed by atoms with E-state index in [4.69, 9.17) is 47.8 Å². The lowest BCUT2D eigenvalue weighted by molar-refractivity contribution is -0.376. The van der Waals surface area contributed by atoms with E-state index in [9.17, 15) is 40.9 Å². The van der Waals surface area contributed by atoms with Gasteiger partial charge in [0.05, 0.1) is 19.8 Å². The average Bonchev–Trinajstić information content (AvgIpc) is 2.87. The van der Waals surface area contributed by atoms with Crippen molar-refractivity contribution in [2.45, 2.75) is 92.1 Å². The van der Waals surface area contributed by atoms with E-state index in [1.165, 1.54) is 0 Å². The van der Waals surface area contributed by atoms with Gasteiger partial charge in [0.25, 0.3) is 24.1 Å². The quantitative estimate of drug-likeness (QED) is 0.122. The molecule has 3 aliphatic heterocycles. The van der Waals surface area contributed by atoms with Crippen molar-refractivity contribution >= 4 is 24.1 Å². The molecule has 0 spiro atoms. The summed E-state index contributed by atoms with van der Waals surface area (Å²) in [4.78, 5) is 0. The monoisotopic (exact) mass is 534 g/mol. The van der Waals surface area contributed by atoms with Crippen LogP contribution >= 0.6 is 0 Å². The molecule has 0 aromatic rings. The Kier molecular flexibility index (Phi) is 11.6. The maximum absolute atomic E-state index is 10.8. The fourth-order valence-electron chi connectivity index (χ4n) is 4.30. The van der Waals surface area contributed by atoms with Crippen LogP contribution in [0.15, 0.2) is 0 Å². The molecule has 206 valence electrons. The van der Waals surface area contributed by atoms with Crippen LogP contribution in [0.25, 0.3) is 0 Å². The first kappa shape index (κ1) is 31.1. The van der Waals surface area contributed by atoms with Crippen molar-refractivity contribution in [3.63, 3.8) is 0 Å². The summed E-state index contributed by atoms with van der Waals surface area (Å²) >= 11 is 0. The van der Waals surface area contributed by atoms with Gasteiger partial charge in [0, 0.05) is 0 Å². The van der Waals surface area contributed by atoms with Crippen molar-refractivity contribution in [1.82, 2.24) is 0 Å². The summed E-state index contributed by atoms with van der Waals surface area (Å²) < 4.78 is 40.8. The maximum Gasteiger partial charge on any atom is 0.282 e. The molecule has 3 aliphatic rings. The van der Waals surface area contributed by atoms with Gasteiger partial charge in [-0.05, 0) is 0 Å². The number of hydrogen-bond donors (Lipinski definition) is 8. The van der Waals surface area contributed by atoms with Gasteiger partial charge in [-0.1, -0.05) is 0 Å². The second-order valence-electron chi connectivity index (χ2n) is 8.79. The van der Waals surface area contributed by atoms with Crippen LogP contribution in [-0.2, 0) is 37.6 Å². The zero-order valence-electron chi connectivity index (χ0n) is 19.4. The largest absolute Gasteiger partial charge is 0.445 e. The molecule has 19 heteroatoms. The Morgan fingerprint density at radius 2 is 0.865 bits per heavy atom. The van der Waals surface area contributed by atoms with Gasteiger partial charge in [-0.15, -0.1) is 0 Å². The van der Waals surface area contributed by atoms with Crippen molar-refractivity contribution in [1.29, 1.82) is 0 Å². The zero-order chi connectivity index (χ0) is 27.4. The molecule has 3 rings (SSSR count). The molecular formula is C18H29B3O16. The van der Waals surface area contributed by atoms with E-state index < -0.39 is 105 Å². The van der Waals surface area contributed by atoms with Gasteiger partial charge in [-0.3, -0.25) is 0 Å². The lowest BCUT2D eigenvalue weighted by atomic mass is 9.96. The Labute approximate surface area is 215 Å². The minimum absolute atomic E-state index is 0.386. The zero-order valence-corrected chi connectivity index (χ0v) is 19.4. The van der Waals surface area contributed by atoms with Gasteiger partial charge in [-0.2, -0.15) is 0 Å². The molecule has 15 atom stereocenters. The topological polar surface area (TPSA) is 236 Å². The molecule has 16 nitrogen and oxygen atoms in total. The first-order valence-corrected chi connectivity index (χ1v) is 11.2. The molecule has 0 aromatic heterocycles. The predicted molar refractivity (Wildman–Crippen MR) is 115 cm³/mol. The minimum atomic E-state index is -1.88. The van der Waals surface area contributed by atoms with Gasteiger partial charge in [0.1, 0.15) is 73.2 Å². The summed E-state index contributed by atoms with van der Waals surface area (Å²) in [5, 5.41) is 82.1. The van der Waals surface area contributed by atoms with E-state index in [-0.39, 0.29) is 6.61 Å². The number of aliphatic hydroxyl groups is 8. The van der Waals surface area contributed by atoms with E-state index in [1.807, 2.05) is 0 Å². The molecular weight excluding hydrogens is 505 g/mol. The second kappa shape index (κ2) is 13.8. The normalized spacial score (nSPS) is 49.1. The summed E-state index contributed by atoms with van der Waals surface area (Å²) in [5.41, 5.74) is 0. The molecule has 0 saturated carbocycles. The van der Waals surface area contributed by atoms with Crippen molar-refractivity contribution in [3.8, 4) is 0 Å². The van der Waals surface area contributed by atoms with Crippen LogP contribution in [-0.4, -0.2) is 177 Å². The third kappa shape index (κ3) is 6.83. The highest BCUT2D eigenvalue weighted by Crippen LogP contribution is 2.32. The van der Waals surface area contributed by atoms with Gasteiger partial charge in [-0.25, -0.2) is 0 Å². The molecule has 3 heterocycles. The molecule has 6 radical (unpaired) electrons. The van der Waals surface area contributed by atoms with Crippen LogP contribution in [0, 0.1) is 0 Å². The van der Waals surface area contributed by atoms with Gasteiger partial charge in [0.15, 0.2) is 18.9 Å². The Morgan fingerprint density at radius 1 is 0.459 bits per heavy atom. The minimum Gasteiger partial charge on any atom is -0.445 e. The maximum atomic E-state index is 10.8. The molecule has 0 bridgehead atoms. The number of rotatable bonds is 10. The SMILES string of the molecule is [B]OCC1OC(OC2C(CO[B])OC(OC3C(CO[B])OC(O)C(O)C3O)C(O)C2O)C(O)C(O)C1O. The van der Waals surface area contributed by atoms with Crippen molar-refractivity contribution < 1.29 is 78.5 Å². The third-order valence-electron chi connectivity index (χ3n) is 6.33. The highest BCUT2D eigenvalue weighted by molar-refractivity contribution is 5.98. The third-order valence-corrected chi connectivity index (χ3v) is 6.33. The standard InChI is InChI=1S/C18H29B3O16/c19-30-1-4-7(22)8(23)12(27)17(34-4)37-15-6(3-32-21)35-18(13(28)10(15)25)36-14-5(2-31-20)33-16(29)11(26)9(14)24/h4-18,22-29H,1-3H2. The summed E-state index contributed by atoms with van der Waals surface area (Å²) in [6.07, 6.45) is -24.3. The van der Waals surface area contributed by atoms with E-state index in [2.05, 4.69) is 14.0 Å². The fourth-order valence-corrected chi connectivity index (χ4v) is 4.30. The van der Waals surface area contributed by atoms with Crippen molar-refractivity contribution in [3.05, 3.63) is 0 Å². The lowest BCUT2D eigenvalue weighted by Crippen LogP contribution is -2.66. The predicted octanol–water partition coefficient (Wildman–Crippen LogP) is -7.25. The number of aliphatic hydroxyl groups excluding tert-OH is 8. The molecule has 37 heavy (non-hydrogen) atoms. The summed E-state index contributed by atoms with van der Waals surface area (Å²) in [5.74, 6) is 0. The smallest absolute Gasteiger partial charge is 0.282 e. The molecule has 8 N–H and O–H groups in total. The highest BCUT2D eigenvalue weighted by Gasteiger charge is 2.53. The van der Waals surface area contributed by atoms with Crippen LogP contribution in [0.4, 0.5) is 0 Å². The Balaban J connectivity index is 1.75. The van der Waals surface area contributed by atoms with Gasteiger partial charge in [0.2, 0.25) is 0 Å². The van der Waals surface area contributed by atoms with Crippen LogP contribution in [0.2, 0.25) is 0 Å². The molecule has 15 unspecified atom stereocenters. The highest BCUT2D eigenvalue weighted by atomic mass is 16.8. The van der Waals surface area contributed by atoms with Crippen LogP contribution in [0.3, 0.4) is 0 Å². The summed E-state index contributed by atoms with van der Waals surface area (Å²) in [6, 6.07) is 0. The van der Waals surface area contributed by atoms with E-state index in [0.29, 0.717) is 0 Å². The van der Waals surface area contributed by atoms with Crippen LogP contribution in [0.1, 0.15) is 0 Å². The van der Waals surface area contributed by atoms with Crippen molar-refractivity contribution in [2.75, 3.05) is 19.8 Å². The number of hydrogen-bond acceptors (Lipinski definition) is 16. The summed E-state index contributed by atoms with van der Waals surface area (Å²) in [6.45, 7) is -1.25. The Morgan fingerprint density at radius 3 is 1.38 bits per heavy atom. The van der Waals surface area contributed by atoms with Gasteiger partial charge < -0.3 is 78.5 Å². The molecule has 3 fully saturated rings. The lowest BCUT2D eigenvalue weighted by Gasteiger charge is -2.48. The second-order valence-corrected chi connectivity index (χ2v) is 8.79. The fraction of sp³-hybridized carbons (Fsp3) is 1.00. The van der Waals surface area contributed by atoms with E-state index in [1.54, 1.807) is 0 Å².